The van der Waals surface area contributed by atoms with E-state index in [0.29, 0.717) is 31.0 Å². The topological polar surface area (TPSA) is 91.0 Å². The van der Waals surface area contributed by atoms with Crippen molar-refractivity contribution in [1.82, 2.24) is 20.4 Å². The van der Waals surface area contributed by atoms with E-state index in [4.69, 9.17) is 4.74 Å². The Hall–Kier alpha value is -2.87. The molecule has 0 saturated heterocycles. The molecule has 2 aliphatic heterocycles. The summed E-state index contributed by atoms with van der Waals surface area (Å²) in [6.07, 6.45) is 0. The van der Waals surface area contributed by atoms with Gasteiger partial charge in [0.05, 0.1) is 30.5 Å². The fourth-order valence-electron chi connectivity index (χ4n) is 3.98. The van der Waals surface area contributed by atoms with Crippen LogP contribution in [0.5, 0.6) is 0 Å². The van der Waals surface area contributed by atoms with E-state index in [2.05, 4.69) is 10.6 Å². The minimum absolute atomic E-state index is 0.211. The molecule has 0 bridgehead atoms. The van der Waals surface area contributed by atoms with E-state index in [1.54, 1.807) is 30.8 Å². The number of hydrogen-bond acceptors (Lipinski definition) is 4. The van der Waals surface area contributed by atoms with Crippen LogP contribution in [0.3, 0.4) is 0 Å². The van der Waals surface area contributed by atoms with E-state index < -0.39 is 11.6 Å². The van der Waals surface area contributed by atoms with Gasteiger partial charge in [-0.1, -0.05) is 29.8 Å². The number of ether oxygens (including phenoxy) is 1. The Balaban J connectivity index is 1.96. The molecular weight excluding hydrogens is 384 g/mol. The molecule has 8 heteroatoms. The van der Waals surface area contributed by atoms with Gasteiger partial charge in [0.15, 0.2) is 0 Å². The molecule has 1 unspecified atom stereocenters. The van der Waals surface area contributed by atoms with Crippen molar-refractivity contribution in [1.29, 1.82) is 0 Å². The molecule has 0 aromatic heterocycles. The lowest BCUT2D eigenvalue weighted by Gasteiger charge is -2.34. The summed E-state index contributed by atoms with van der Waals surface area (Å²) in [7, 11) is 1.56. The highest BCUT2D eigenvalue weighted by Gasteiger charge is 2.49. The van der Waals surface area contributed by atoms with Crippen molar-refractivity contribution >= 4 is 17.8 Å². The number of carbonyl (C=O) groups is 3. The first kappa shape index (κ1) is 21.8. The molecule has 1 aromatic carbocycles. The lowest BCUT2D eigenvalue weighted by molar-refractivity contribution is -0.141. The molecule has 3 rings (SSSR count). The second-order valence-electron chi connectivity index (χ2n) is 8.10. The van der Waals surface area contributed by atoms with Crippen molar-refractivity contribution in [3.63, 3.8) is 0 Å². The Labute approximate surface area is 177 Å². The van der Waals surface area contributed by atoms with Crippen LogP contribution in [-0.4, -0.2) is 66.5 Å². The van der Waals surface area contributed by atoms with Crippen LogP contribution in [0.1, 0.15) is 37.9 Å². The molecule has 30 heavy (non-hydrogen) atoms. The van der Waals surface area contributed by atoms with Gasteiger partial charge in [-0.25, -0.2) is 4.79 Å². The maximum absolute atomic E-state index is 13.5. The number of aryl methyl sites for hydroxylation is 1. The van der Waals surface area contributed by atoms with Gasteiger partial charge in [0.2, 0.25) is 5.91 Å². The number of likely N-dealkylation sites (N-methyl/N-ethyl adjacent to an activating group) is 1. The molecule has 2 heterocycles. The zero-order valence-corrected chi connectivity index (χ0v) is 18.2. The molecule has 0 radical (unpaired) electrons. The summed E-state index contributed by atoms with van der Waals surface area (Å²) >= 11 is 0. The molecule has 1 aromatic rings. The maximum Gasteiger partial charge on any atom is 0.322 e. The number of nitrogens with one attached hydrogen (secondary N) is 2. The number of rotatable bonds is 7. The molecule has 2 N–H and O–H groups in total. The highest BCUT2D eigenvalue weighted by Crippen LogP contribution is 2.38. The third kappa shape index (κ3) is 3.79. The number of nitrogens with zero attached hydrogens (tertiary/aromatic N) is 2. The van der Waals surface area contributed by atoms with Gasteiger partial charge in [-0.05, 0) is 33.3 Å². The molecule has 0 aliphatic carbocycles. The smallest absolute Gasteiger partial charge is 0.322 e. The van der Waals surface area contributed by atoms with Crippen LogP contribution in [0.25, 0.3) is 0 Å². The number of amides is 4. The van der Waals surface area contributed by atoms with Crippen LogP contribution in [0.4, 0.5) is 4.79 Å². The molecule has 4 amide bonds. The van der Waals surface area contributed by atoms with Gasteiger partial charge in [-0.3, -0.25) is 14.5 Å². The normalized spacial score (nSPS) is 19.2. The van der Waals surface area contributed by atoms with Crippen molar-refractivity contribution in [2.24, 2.45) is 0 Å². The molecule has 8 nitrogen and oxygen atoms in total. The number of hydrogen-bond donors (Lipinski definition) is 2. The molecule has 0 spiro atoms. The maximum atomic E-state index is 13.5. The van der Waals surface area contributed by atoms with Crippen LogP contribution >= 0.6 is 0 Å². The Morgan fingerprint density at radius 3 is 2.70 bits per heavy atom. The Morgan fingerprint density at radius 1 is 1.33 bits per heavy atom. The van der Waals surface area contributed by atoms with E-state index in [0.717, 1.165) is 11.1 Å². The summed E-state index contributed by atoms with van der Waals surface area (Å²) in [6, 6.07) is 6.98. The molecule has 1 atom stereocenters. The zero-order valence-electron chi connectivity index (χ0n) is 18.2. The summed E-state index contributed by atoms with van der Waals surface area (Å²) in [4.78, 5) is 42.3. The average molecular weight is 415 g/mol. The second kappa shape index (κ2) is 8.47. The van der Waals surface area contributed by atoms with Gasteiger partial charge in [0.1, 0.15) is 5.54 Å². The number of benzene rings is 1. The number of methoxy groups -OCH3 is 1. The SMILES string of the molecule is CCN1C(=O)NC(c2cccc(C)c2)C2=C1CN(C(C)(C)C(=O)NCCOC)C2=O. The predicted octanol–water partition coefficient (Wildman–Crippen LogP) is 1.72. The van der Waals surface area contributed by atoms with Gasteiger partial charge in [-0.15, -0.1) is 0 Å². The van der Waals surface area contributed by atoms with E-state index in [1.807, 2.05) is 38.1 Å². The fraction of sp³-hybridized carbons (Fsp3) is 0.500. The highest BCUT2D eigenvalue weighted by atomic mass is 16.5. The average Bonchev–Trinajstić information content (AvgIpc) is 3.05. The van der Waals surface area contributed by atoms with Gasteiger partial charge >= 0.3 is 6.03 Å². The number of urea groups is 1. The van der Waals surface area contributed by atoms with E-state index in [1.165, 1.54) is 0 Å². The standard InChI is InChI=1S/C22H30N4O4/c1-6-25-16-13-26(22(3,4)20(28)23-10-11-30-5)19(27)17(16)18(24-21(25)29)15-9-7-8-14(2)12-15/h7-9,12,18H,6,10-11,13H2,1-5H3,(H,23,28)(H,24,29). The van der Waals surface area contributed by atoms with Crippen molar-refractivity contribution in [3.8, 4) is 0 Å². The van der Waals surface area contributed by atoms with E-state index >= 15 is 0 Å². The molecule has 162 valence electrons. The lowest BCUT2D eigenvalue weighted by Crippen LogP contribution is -2.56. The van der Waals surface area contributed by atoms with Gasteiger partial charge in [-0.2, -0.15) is 0 Å². The first-order chi connectivity index (χ1) is 14.2. The van der Waals surface area contributed by atoms with E-state index in [-0.39, 0.29) is 24.4 Å². The Morgan fingerprint density at radius 2 is 2.07 bits per heavy atom. The number of carbonyl (C=O) groups excluding carboxylic acids is 3. The Bertz CT molecular complexity index is 893. The molecule has 0 fully saturated rings. The Kier molecular flexibility index (Phi) is 6.17. The fourth-order valence-corrected chi connectivity index (χ4v) is 3.98. The summed E-state index contributed by atoms with van der Waals surface area (Å²) in [5.74, 6) is -0.496. The van der Waals surface area contributed by atoms with Gasteiger partial charge < -0.3 is 20.3 Å². The van der Waals surface area contributed by atoms with Crippen LogP contribution in [-0.2, 0) is 14.3 Å². The van der Waals surface area contributed by atoms with Gasteiger partial charge in [0, 0.05) is 20.2 Å². The quantitative estimate of drug-likeness (QED) is 0.665. The minimum Gasteiger partial charge on any atom is -0.383 e. The zero-order chi connectivity index (χ0) is 22.1. The summed E-state index contributed by atoms with van der Waals surface area (Å²) < 4.78 is 4.99. The predicted molar refractivity (Wildman–Crippen MR) is 113 cm³/mol. The van der Waals surface area contributed by atoms with Gasteiger partial charge in [0.25, 0.3) is 5.91 Å². The summed E-state index contributed by atoms with van der Waals surface area (Å²) in [5.41, 5.74) is 2.00. The molecule has 2 aliphatic rings. The first-order valence-electron chi connectivity index (χ1n) is 10.2. The summed E-state index contributed by atoms with van der Waals surface area (Å²) in [6.45, 7) is 8.68. The van der Waals surface area contributed by atoms with E-state index in [9.17, 15) is 14.4 Å². The van der Waals surface area contributed by atoms with Crippen molar-refractivity contribution in [2.75, 3.05) is 33.4 Å². The van der Waals surface area contributed by atoms with Crippen LogP contribution < -0.4 is 10.6 Å². The molecular formula is C22H30N4O4. The lowest BCUT2D eigenvalue weighted by atomic mass is 9.94. The third-order valence-corrected chi connectivity index (χ3v) is 5.74. The minimum atomic E-state index is -1.08. The van der Waals surface area contributed by atoms with Crippen molar-refractivity contribution in [3.05, 3.63) is 46.7 Å². The van der Waals surface area contributed by atoms with Crippen LogP contribution in [0, 0.1) is 6.92 Å². The molecule has 0 saturated carbocycles. The highest BCUT2D eigenvalue weighted by molar-refractivity contribution is 6.04. The largest absolute Gasteiger partial charge is 0.383 e. The van der Waals surface area contributed by atoms with Crippen LogP contribution in [0.2, 0.25) is 0 Å². The first-order valence-corrected chi connectivity index (χ1v) is 10.2. The van der Waals surface area contributed by atoms with Crippen LogP contribution in [0.15, 0.2) is 35.5 Å². The summed E-state index contributed by atoms with van der Waals surface area (Å²) in [5, 5.41) is 5.78. The second-order valence-corrected chi connectivity index (χ2v) is 8.10. The van der Waals surface area contributed by atoms with Crippen molar-refractivity contribution in [2.45, 2.75) is 39.3 Å². The monoisotopic (exact) mass is 414 g/mol. The van der Waals surface area contributed by atoms with Crippen molar-refractivity contribution < 1.29 is 19.1 Å². The third-order valence-electron chi connectivity index (χ3n) is 5.74.